The molecule has 3 N–H and O–H groups in total. The summed E-state index contributed by atoms with van der Waals surface area (Å²) in [5, 5.41) is 3.07. The molecule has 0 bridgehead atoms. The Bertz CT molecular complexity index is 382. The smallest absolute Gasteiger partial charge is 0.293 e. The van der Waals surface area contributed by atoms with Crippen LogP contribution in [0.3, 0.4) is 0 Å². The Morgan fingerprint density at radius 3 is 2.75 bits per heavy atom. The Kier molecular flexibility index (Phi) is 4.49. The van der Waals surface area contributed by atoms with Crippen LogP contribution in [0, 0.1) is 0 Å². The van der Waals surface area contributed by atoms with Gasteiger partial charge in [-0.1, -0.05) is 6.92 Å². The molecule has 0 saturated heterocycles. The Labute approximate surface area is 95.7 Å². The highest BCUT2D eigenvalue weighted by molar-refractivity contribution is 5.32. The van der Waals surface area contributed by atoms with Crippen molar-refractivity contribution < 1.29 is 0 Å². The summed E-state index contributed by atoms with van der Waals surface area (Å²) in [5.41, 5.74) is 5.49. The second-order valence-electron chi connectivity index (χ2n) is 4.07. The molecule has 1 aromatic heterocycles. The van der Waals surface area contributed by atoms with Crippen molar-refractivity contribution in [3.63, 3.8) is 0 Å². The van der Waals surface area contributed by atoms with Crippen molar-refractivity contribution in [3.05, 3.63) is 22.7 Å². The van der Waals surface area contributed by atoms with Gasteiger partial charge in [0.05, 0.1) is 0 Å². The first-order chi connectivity index (χ1) is 7.60. The van der Waals surface area contributed by atoms with E-state index in [9.17, 15) is 4.79 Å². The minimum absolute atomic E-state index is 0.0931. The van der Waals surface area contributed by atoms with Crippen molar-refractivity contribution in [3.8, 4) is 0 Å². The lowest BCUT2D eigenvalue weighted by Crippen LogP contribution is -2.33. The second kappa shape index (κ2) is 5.65. The largest absolute Gasteiger partial charge is 0.361 e. The maximum Gasteiger partial charge on any atom is 0.293 e. The number of hydrogen-bond donors (Lipinski definition) is 2. The van der Waals surface area contributed by atoms with Crippen LogP contribution >= 0.6 is 0 Å². The lowest BCUT2D eigenvalue weighted by molar-refractivity contribution is 0.573. The normalized spacial score (nSPS) is 12.8. The van der Waals surface area contributed by atoms with E-state index in [0.717, 1.165) is 6.42 Å². The third-order valence-electron chi connectivity index (χ3n) is 2.54. The summed E-state index contributed by atoms with van der Waals surface area (Å²) < 4.78 is 1.65. The molecule has 90 valence electrons. The summed E-state index contributed by atoms with van der Waals surface area (Å²) in [6.07, 6.45) is 4.20. The van der Waals surface area contributed by atoms with Gasteiger partial charge in [-0.15, -0.1) is 0 Å². The van der Waals surface area contributed by atoms with E-state index in [0.29, 0.717) is 12.4 Å². The molecule has 1 heterocycles. The fourth-order valence-electron chi connectivity index (χ4n) is 1.45. The van der Waals surface area contributed by atoms with Crippen LogP contribution in [0.2, 0.25) is 0 Å². The number of nitrogens with one attached hydrogen (secondary N) is 1. The third kappa shape index (κ3) is 2.82. The summed E-state index contributed by atoms with van der Waals surface area (Å²) in [7, 11) is 0. The van der Waals surface area contributed by atoms with E-state index in [1.165, 1.54) is 0 Å². The molecular formula is C11H20N4O. The molecular weight excluding hydrogens is 204 g/mol. The minimum atomic E-state index is -0.0931. The average molecular weight is 224 g/mol. The first-order valence-corrected chi connectivity index (χ1v) is 5.63. The van der Waals surface area contributed by atoms with Gasteiger partial charge in [0.1, 0.15) is 0 Å². The van der Waals surface area contributed by atoms with Crippen LogP contribution < -0.4 is 16.6 Å². The molecule has 1 unspecified atom stereocenters. The van der Waals surface area contributed by atoms with Gasteiger partial charge in [0.2, 0.25) is 0 Å². The number of nitrogens with two attached hydrogens (primary N) is 1. The van der Waals surface area contributed by atoms with E-state index >= 15 is 0 Å². The summed E-state index contributed by atoms with van der Waals surface area (Å²) in [6.45, 7) is 6.44. The summed E-state index contributed by atoms with van der Waals surface area (Å²) in [5.74, 6) is 0.383. The van der Waals surface area contributed by atoms with E-state index in [2.05, 4.69) is 10.3 Å². The van der Waals surface area contributed by atoms with Gasteiger partial charge in [0, 0.05) is 31.0 Å². The zero-order valence-corrected chi connectivity index (χ0v) is 10.1. The molecule has 0 spiro atoms. The molecule has 0 aliphatic carbocycles. The lowest BCUT2D eigenvalue weighted by atomic mass is 10.2. The van der Waals surface area contributed by atoms with Crippen LogP contribution in [0.4, 0.5) is 5.82 Å². The summed E-state index contributed by atoms with van der Waals surface area (Å²) in [4.78, 5) is 16.0. The van der Waals surface area contributed by atoms with E-state index in [1.807, 2.05) is 20.8 Å². The van der Waals surface area contributed by atoms with Crippen molar-refractivity contribution in [1.29, 1.82) is 0 Å². The molecule has 0 amide bonds. The van der Waals surface area contributed by atoms with Gasteiger partial charge in [-0.2, -0.15) is 0 Å². The van der Waals surface area contributed by atoms with E-state index in [-0.39, 0.29) is 17.6 Å². The Morgan fingerprint density at radius 2 is 2.25 bits per heavy atom. The van der Waals surface area contributed by atoms with Gasteiger partial charge < -0.3 is 15.6 Å². The van der Waals surface area contributed by atoms with Crippen LogP contribution in [0.1, 0.15) is 33.2 Å². The SMILES string of the molecule is CCC(CN)Nc1nccn(C(C)C)c1=O. The maximum absolute atomic E-state index is 12.0. The van der Waals surface area contributed by atoms with Crippen molar-refractivity contribution >= 4 is 5.82 Å². The molecule has 1 atom stereocenters. The molecule has 16 heavy (non-hydrogen) atoms. The fourth-order valence-corrected chi connectivity index (χ4v) is 1.45. The van der Waals surface area contributed by atoms with Crippen molar-refractivity contribution in [2.45, 2.75) is 39.3 Å². The number of rotatable bonds is 5. The van der Waals surface area contributed by atoms with E-state index in [1.54, 1.807) is 17.0 Å². The van der Waals surface area contributed by atoms with Crippen molar-refractivity contribution in [2.24, 2.45) is 5.73 Å². The predicted molar refractivity (Wildman–Crippen MR) is 65.6 cm³/mol. The Hall–Kier alpha value is -1.36. The molecule has 1 aromatic rings. The van der Waals surface area contributed by atoms with Gasteiger partial charge in [-0.05, 0) is 20.3 Å². The van der Waals surface area contributed by atoms with Crippen LogP contribution in [0.25, 0.3) is 0 Å². The predicted octanol–water partition coefficient (Wildman–Crippen LogP) is 0.973. The highest BCUT2D eigenvalue weighted by Gasteiger charge is 2.10. The highest BCUT2D eigenvalue weighted by atomic mass is 16.1. The molecule has 0 aliphatic heterocycles. The molecule has 0 saturated carbocycles. The number of nitrogens with zero attached hydrogens (tertiary/aromatic N) is 2. The fraction of sp³-hybridized carbons (Fsp3) is 0.636. The van der Waals surface area contributed by atoms with Gasteiger partial charge in [-0.3, -0.25) is 4.79 Å². The second-order valence-corrected chi connectivity index (χ2v) is 4.07. The molecule has 5 nitrogen and oxygen atoms in total. The van der Waals surface area contributed by atoms with E-state index < -0.39 is 0 Å². The van der Waals surface area contributed by atoms with Crippen molar-refractivity contribution in [1.82, 2.24) is 9.55 Å². The summed E-state index contributed by atoms with van der Waals surface area (Å²) in [6, 6.07) is 0.234. The van der Waals surface area contributed by atoms with Gasteiger partial charge in [0.25, 0.3) is 5.56 Å². The van der Waals surface area contributed by atoms with Gasteiger partial charge in [-0.25, -0.2) is 4.98 Å². The molecule has 0 fully saturated rings. The van der Waals surface area contributed by atoms with Crippen LogP contribution in [0.15, 0.2) is 17.2 Å². The monoisotopic (exact) mass is 224 g/mol. The standard InChI is InChI=1S/C11H20N4O/c1-4-9(7-12)14-10-11(16)15(8(2)3)6-5-13-10/h5-6,8-9H,4,7,12H2,1-3H3,(H,13,14). The molecule has 1 rings (SSSR count). The maximum atomic E-state index is 12.0. The van der Waals surface area contributed by atoms with Crippen LogP contribution in [-0.4, -0.2) is 22.1 Å². The van der Waals surface area contributed by atoms with Crippen LogP contribution in [-0.2, 0) is 0 Å². The first kappa shape index (κ1) is 12.7. The molecule has 0 radical (unpaired) electrons. The molecule has 0 aromatic carbocycles. The topological polar surface area (TPSA) is 72.9 Å². The molecule has 5 heteroatoms. The average Bonchev–Trinajstić information content (AvgIpc) is 2.27. The quantitative estimate of drug-likeness (QED) is 0.781. The van der Waals surface area contributed by atoms with Gasteiger partial charge >= 0.3 is 0 Å². The number of hydrogen-bond acceptors (Lipinski definition) is 4. The van der Waals surface area contributed by atoms with Crippen LogP contribution in [0.5, 0.6) is 0 Å². The summed E-state index contributed by atoms with van der Waals surface area (Å²) >= 11 is 0. The zero-order chi connectivity index (χ0) is 12.1. The number of anilines is 1. The minimum Gasteiger partial charge on any atom is -0.361 e. The Morgan fingerprint density at radius 1 is 1.56 bits per heavy atom. The zero-order valence-electron chi connectivity index (χ0n) is 10.1. The molecule has 0 aliphatic rings. The van der Waals surface area contributed by atoms with Gasteiger partial charge in [0.15, 0.2) is 5.82 Å². The Balaban J connectivity index is 2.97. The lowest BCUT2D eigenvalue weighted by Gasteiger charge is -2.16. The number of aromatic nitrogens is 2. The first-order valence-electron chi connectivity index (χ1n) is 5.63. The highest BCUT2D eigenvalue weighted by Crippen LogP contribution is 2.03. The van der Waals surface area contributed by atoms with Crippen molar-refractivity contribution in [2.75, 3.05) is 11.9 Å². The third-order valence-corrected chi connectivity index (χ3v) is 2.54. The van der Waals surface area contributed by atoms with E-state index in [4.69, 9.17) is 5.73 Å².